The van der Waals surface area contributed by atoms with Gasteiger partial charge in [-0.25, -0.2) is 0 Å². The summed E-state index contributed by atoms with van der Waals surface area (Å²) in [5.41, 5.74) is 5.97. The molecule has 156 valence electrons. The minimum atomic E-state index is -0.497. The molecule has 0 amide bonds. The average Bonchev–Trinajstić information content (AvgIpc) is 2.60. The predicted octanol–water partition coefficient (Wildman–Crippen LogP) is 5.56. The number of benzene rings is 2. The van der Waals surface area contributed by atoms with Crippen LogP contribution in [0.15, 0.2) is 30.3 Å². The third-order valence-electron chi connectivity index (χ3n) is 6.65. The quantitative estimate of drug-likeness (QED) is 0.684. The molecule has 0 spiro atoms. The summed E-state index contributed by atoms with van der Waals surface area (Å²) >= 11 is 12.8. The molecule has 0 aliphatic carbocycles. The predicted molar refractivity (Wildman–Crippen MR) is 122 cm³/mol. The van der Waals surface area contributed by atoms with E-state index in [1.807, 2.05) is 25.1 Å². The van der Waals surface area contributed by atoms with E-state index in [1.165, 1.54) is 22.4 Å². The molecular weight excluding hydrogens is 403 g/mol. The highest BCUT2D eigenvalue weighted by atomic mass is 35.5. The first kappa shape index (κ1) is 21.0. The molecule has 2 aromatic rings. The van der Waals surface area contributed by atoms with Gasteiger partial charge in [0.2, 0.25) is 0 Å². The summed E-state index contributed by atoms with van der Waals surface area (Å²) in [6.07, 6.45) is 1.70. The Bertz CT molecular complexity index is 852. The number of aliphatic hydroxyl groups is 1. The van der Waals surface area contributed by atoms with E-state index in [0.29, 0.717) is 5.92 Å². The van der Waals surface area contributed by atoms with E-state index in [2.05, 4.69) is 35.8 Å². The van der Waals surface area contributed by atoms with Gasteiger partial charge in [0.25, 0.3) is 0 Å². The molecule has 0 bridgehead atoms. The van der Waals surface area contributed by atoms with E-state index in [0.717, 1.165) is 61.2 Å². The van der Waals surface area contributed by atoms with Gasteiger partial charge < -0.3 is 10.0 Å². The maximum atomic E-state index is 10.2. The van der Waals surface area contributed by atoms with E-state index >= 15 is 0 Å². The number of nitrogens with zero attached hydrogens (tertiary/aromatic N) is 2. The maximum absolute atomic E-state index is 10.2. The van der Waals surface area contributed by atoms with Crippen LogP contribution in [0.1, 0.15) is 47.9 Å². The first-order valence-corrected chi connectivity index (χ1v) is 11.2. The summed E-state index contributed by atoms with van der Waals surface area (Å²) in [5.74, 6) is 0.387. The molecule has 4 rings (SSSR count). The second kappa shape index (κ2) is 8.11. The van der Waals surface area contributed by atoms with E-state index in [-0.39, 0.29) is 0 Å². The Hall–Kier alpha value is -1.26. The Morgan fingerprint density at radius 3 is 2.14 bits per heavy atom. The Morgan fingerprint density at radius 1 is 1.03 bits per heavy atom. The van der Waals surface area contributed by atoms with Crippen molar-refractivity contribution in [1.29, 1.82) is 0 Å². The van der Waals surface area contributed by atoms with E-state index in [1.54, 1.807) is 0 Å². The van der Waals surface area contributed by atoms with Crippen LogP contribution in [0.2, 0.25) is 10.0 Å². The normalized spacial score (nSPS) is 20.0. The summed E-state index contributed by atoms with van der Waals surface area (Å²) in [7, 11) is 0. The van der Waals surface area contributed by atoms with Gasteiger partial charge in [0, 0.05) is 54.4 Å². The third kappa shape index (κ3) is 4.44. The highest BCUT2D eigenvalue weighted by Gasteiger charge is 2.32. The first-order valence-electron chi connectivity index (χ1n) is 10.5. The van der Waals surface area contributed by atoms with Crippen LogP contribution in [0.25, 0.3) is 0 Å². The number of likely N-dealkylation sites (tertiary alicyclic amines) is 1. The van der Waals surface area contributed by atoms with E-state index < -0.39 is 5.60 Å². The molecule has 2 saturated heterocycles. The van der Waals surface area contributed by atoms with Crippen molar-refractivity contribution in [3.05, 3.63) is 62.6 Å². The van der Waals surface area contributed by atoms with Gasteiger partial charge in [-0.3, -0.25) is 4.90 Å². The molecule has 2 heterocycles. The Kier molecular flexibility index (Phi) is 5.87. The minimum Gasteiger partial charge on any atom is -0.390 e. The fourth-order valence-electron chi connectivity index (χ4n) is 4.59. The molecule has 1 N–H and O–H groups in total. The van der Waals surface area contributed by atoms with Crippen molar-refractivity contribution < 1.29 is 5.11 Å². The third-order valence-corrected chi connectivity index (χ3v) is 7.31. The lowest BCUT2D eigenvalue weighted by Crippen LogP contribution is -2.45. The summed E-state index contributed by atoms with van der Waals surface area (Å²) < 4.78 is 0. The van der Waals surface area contributed by atoms with Crippen molar-refractivity contribution in [2.75, 3.05) is 31.1 Å². The van der Waals surface area contributed by atoms with Crippen LogP contribution < -0.4 is 4.90 Å². The Labute approximate surface area is 184 Å². The van der Waals surface area contributed by atoms with Crippen LogP contribution in [-0.4, -0.2) is 41.8 Å². The maximum Gasteiger partial charge on any atom is 0.0644 e. The molecule has 2 aliphatic heterocycles. The lowest BCUT2D eigenvalue weighted by molar-refractivity contribution is -0.00736. The minimum absolute atomic E-state index is 0.387. The SMILES string of the molecule is Cc1cc(N2CC(c3c(Cl)cccc3Cl)C2)cc(C)c1CN1CCC(C)(O)CC1. The largest absolute Gasteiger partial charge is 0.390 e. The average molecular weight is 433 g/mol. The van der Waals surface area contributed by atoms with E-state index in [9.17, 15) is 5.11 Å². The first-order chi connectivity index (χ1) is 13.7. The molecule has 2 aliphatic rings. The van der Waals surface area contributed by atoms with Crippen LogP contribution in [0.3, 0.4) is 0 Å². The zero-order valence-corrected chi connectivity index (χ0v) is 19.0. The number of halogens is 2. The Balaban J connectivity index is 1.43. The highest BCUT2D eigenvalue weighted by molar-refractivity contribution is 6.36. The van der Waals surface area contributed by atoms with Crippen LogP contribution in [-0.2, 0) is 6.54 Å². The standard InChI is InChI=1S/C24H30Cl2N2O/c1-16-11-19(28-13-18(14-28)23-21(25)5-4-6-22(23)26)12-17(2)20(16)15-27-9-7-24(3,29)8-10-27/h4-6,11-12,18,29H,7-10,13-15H2,1-3H3. The number of rotatable bonds is 4. The second-order valence-electron chi connectivity index (χ2n) is 9.07. The van der Waals surface area contributed by atoms with Crippen molar-refractivity contribution in [3.63, 3.8) is 0 Å². The van der Waals surface area contributed by atoms with Crippen molar-refractivity contribution >= 4 is 28.9 Å². The van der Waals surface area contributed by atoms with Crippen LogP contribution in [0.4, 0.5) is 5.69 Å². The second-order valence-corrected chi connectivity index (χ2v) is 9.88. The molecular formula is C24H30Cl2N2O. The van der Waals surface area contributed by atoms with Gasteiger partial charge in [0.1, 0.15) is 0 Å². The van der Waals surface area contributed by atoms with Crippen LogP contribution >= 0.6 is 23.2 Å². The number of piperidine rings is 1. The van der Waals surface area contributed by atoms with E-state index in [4.69, 9.17) is 23.2 Å². The highest BCUT2D eigenvalue weighted by Crippen LogP contribution is 2.39. The molecule has 2 aromatic carbocycles. The molecule has 0 atom stereocenters. The lowest BCUT2D eigenvalue weighted by Gasteiger charge is -2.42. The topological polar surface area (TPSA) is 26.7 Å². The smallest absolute Gasteiger partial charge is 0.0644 e. The van der Waals surface area contributed by atoms with Crippen LogP contribution in [0.5, 0.6) is 0 Å². The fourth-order valence-corrected chi connectivity index (χ4v) is 5.30. The number of aryl methyl sites for hydroxylation is 2. The van der Waals surface area contributed by atoms with Gasteiger partial charge >= 0.3 is 0 Å². The van der Waals surface area contributed by atoms with Gasteiger partial charge in [-0.1, -0.05) is 29.3 Å². The van der Waals surface area contributed by atoms with Gasteiger partial charge in [-0.15, -0.1) is 0 Å². The molecule has 3 nitrogen and oxygen atoms in total. The van der Waals surface area contributed by atoms with Gasteiger partial charge in [0.15, 0.2) is 0 Å². The van der Waals surface area contributed by atoms with Crippen molar-refractivity contribution in [2.24, 2.45) is 0 Å². The molecule has 0 saturated carbocycles. The summed E-state index contributed by atoms with van der Waals surface area (Å²) in [4.78, 5) is 4.87. The fraction of sp³-hybridized carbons (Fsp3) is 0.500. The number of hydrogen-bond donors (Lipinski definition) is 1. The molecule has 0 radical (unpaired) electrons. The molecule has 2 fully saturated rings. The Morgan fingerprint density at radius 2 is 1.59 bits per heavy atom. The molecule has 29 heavy (non-hydrogen) atoms. The zero-order valence-electron chi connectivity index (χ0n) is 17.5. The lowest BCUT2D eigenvalue weighted by atomic mass is 9.89. The number of hydrogen-bond acceptors (Lipinski definition) is 3. The molecule has 5 heteroatoms. The molecule has 0 unspecified atom stereocenters. The van der Waals surface area contributed by atoms with Gasteiger partial charge in [-0.2, -0.15) is 0 Å². The van der Waals surface area contributed by atoms with Crippen molar-refractivity contribution in [2.45, 2.75) is 51.7 Å². The summed E-state index contributed by atoms with van der Waals surface area (Å²) in [6, 6.07) is 10.4. The van der Waals surface area contributed by atoms with Gasteiger partial charge in [-0.05, 0) is 80.1 Å². The van der Waals surface area contributed by atoms with Gasteiger partial charge in [0.05, 0.1) is 5.60 Å². The van der Waals surface area contributed by atoms with Crippen molar-refractivity contribution in [1.82, 2.24) is 4.90 Å². The summed E-state index contributed by atoms with van der Waals surface area (Å²) in [5, 5.41) is 11.7. The van der Waals surface area contributed by atoms with Crippen LogP contribution in [0, 0.1) is 13.8 Å². The number of anilines is 1. The van der Waals surface area contributed by atoms with Crippen molar-refractivity contribution in [3.8, 4) is 0 Å². The monoisotopic (exact) mass is 432 g/mol. The molecule has 0 aromatic heterocycles. The zero-order chi connectivity index (χ0) is 20.8. The summed E-state index contributed by atoms with van der Waals surface area (Å²) in [6.45, 7) is 11.2.